The number of ether oxygens (including phenoxy) is 1. The lowest BCUT2D eigenvalue weighted by Crippen LogP contribution is -2.27. The maximum atomic E-state index is 12.8. The first-order valence-corrected chi connectivity index (χ1v) is 12.3. The van der Waals surface area contributed by atoms with Crippen molar-refractivity contribution in [3.8, 4) is 16.9 Å². The van der Waals surface area contributed by atoms with Crippen LogP contribution in [-0.2, 0) is 16.6 Å². The molecule has 0 saturated carbocycles. The first-order chi connectivity index (χ1) is 16.1. The van der Waals surface area contributed by atoms with E-state index in [2.05, 4.69) is 15.5 Å². The number of aromatic nitrogens is 3. The van der Waals surface area contributed by atoms with Crippen LogP contribution in [0.1, 0.15) is 18.4 Å². The van der Waals surface area contributed by atoms with Crippen LogP contribution in [0.3, 0.4) is 0 Å². The summed E-state index contributed by atoms with van der Waals surface area (Å²) in [5.41, 5.74) is 3.49. The number of benzene rings is 2. The average Bonchev–Trinajstić information content (AvgIpc) is 3.56. The Kier molecular flexibility index (Phi) is 5.74. The second-order valence-electron chi connectivity index (χ2n) is 7.96. The lowest BCUT2D eigenvalue weighted by atomic mass is 10.1. The van der Waals surface area contributed by atoms with Crippen molar-refractivity contribution in [2.75, 3.05) is 25.5 Å². The van der Waals surface area contributed by atoms with E-state index in [4.69, 9.17) is 4.74 Å². The minimum Gasteiger partial charge on any atom is -0.496 e. The van der Waals surface area contributed by atoms with Crippen molar-refractivity contribution in [3.05, 3.63) is 72.6 Å². The summed E-state index contributed by atoms with van der Waals surface area (Å²) in [6.45, 7) is 1.77. The van der Waals surface area contributed by atoms with Gasteiger partial charge in [0.15, 0.2) is 5.65 Å². The molecule has 2 aromatic carbocycles. The zero-order chi connectivity index (χ0) is 22.8. The van der Waals surface area contributed by atoms with Crippen LogP contribution >= 0.6 is 0 Å². The maximum Gasteiger partial charge on any atom is 0.243 e. The minimum absolute atomic E-state index is 0.320. The molecular weight excluding hydrogens is 438 g/mol. The van der Waals surface area contributed by atoms with Crippen molar-refractivity contribution in [2.45, 2.75) is 24.3 Å². The van der Waals surface area contributed by atoms with E-state index in [0.717, 1.165) is 41.1 Å². The number of para-hydroxylation sites is 1. The first kappa shape index (κ1) is 21.4. The van der Waals surface area contributed by atoms with Crippen LogP contribution in [0.25, 0.3) is 16.8 Å². The van der Waals surface area contributed by atoms with E-state index < -0.39 is 10.0 Å². The smallest absolute Gasteiger partial charge is 0.243 e. The molecule has 170 valence electrons. The highest BCUT2D eigenvalue weighted by Crippen LogP contribution is 2.29. The second-order valence-corrected chi connectivity index (χ2v) is 9.90. The molecule has 1 aliphatic rings. The SMILES string of the molecule is COc1ccccc1CNc1ccc(-c2ccc(S(=O)(=O)N3CCCC3)cc2)c2nncn12. The number of nitrogens with zero attached hydrogens (tertiary/aromatic N) is 4. The summed E-state index contributed by atoms with van der Waals surface area (Å²) in [5.74, 6) is 1.67. The molecule has 1 saturated heterocycles. The molecule has 8 nitrogen and oxygen atoms in total. The summed E-state index contributed by atoms with van der Waals surface area (Å²) >= 11 is 0. The average molecular weight is 464 g/mol. The zero-order valence-electron chi connectivity index (χ0n) is 18.3. The predicted octanol–water partition coefficient (Wildman–Crippen LogP) is 3.80. The molecule has 1 fully saturated rings. The van der Waals surface area contributed by atoms with Crippen LogP contribution in [0.15, 0.2) is 71.9 Å². The van der Waals surface area contributed by atoms with E-state index in [1.54, 1.807) is 29.9 Å². The molecule has 3 heterocycles. The Labute approximate surface area is 192 Å². The van der Waals surface area contributed by atoms with Gasteiger partial charge in [-0.05, 0) is 48.7 Å². The van der Waals surface area contributed by atoms with Crippen LogP contribution in [0.4, 0.5) is 5.82 Å². The van der Waals surface area contributed by atoms with E-state index in [1.807, 2.05) is 52.9 Å². The fourth-order valence-electron chi connectivity index (χ4n) is 4.20. The van der Waals surface area contributed by atoms with Crippen LogP contribution in [0.2, 0.25) is 0 Å². The van der Waals surface area contributed by atoms with Gasteiger partial charge < -0.3 is 10.1 Å². The summed E-state index contributed by atoms with van der Waals surface area (Å²) in [7, 11) is -1.78. The van der Waals surface area contributed by atoms with Crippen LogP contribution in [-0.4, -0.2) is 47.5 Å². The summed E-state index contributed by atoms with van der Waals surface area (Å²) in [6, 6.07) is 18.8. The van der Waals surface area contributed by atoms with Gasteiger partial charge in [-0.1, -0.05) is 30.3 Å². The van der Waals surface area contributed by atoms with Gasteiger partial charge in [-0.15, -0.1) is 10.2 Å². The summed E-state index contributed by atoms with van der Waals surface area (Å²) < 4.78 is 34.5. The molecule has 0 atom stereocenters. The number of pyridine rings is 1. The highest BCUT2D eigenvalue weighted by Gasteiger charge is 2.27. The lowest BCUT2D eigenvalue weighted by Gasteiger charge is -2.16. The van der Waals surface area contributed by atoms with Crippen molar-refractivity contribution < 1.29 is 13.2 Å². The van der Waals surface area contributed by atoms with Gasteiger partial charge in [0, 0.05) is 30.8 Å². The predicted molar refractivity (Wildman–Crippen MR) is 127 cm³/mol. The molecule has 5 rings (SSSR count). The summed E-state index contributed by atoms with van der Waals surface area (Å²) in [6.07, 6.45) is 3.49. The zero-order valence-corrected chi connectivity index (χ0v) is 19.1. The molecule has 0 radical (unpaired) electrons. The Bertz CT molecular complexity index is 1380. The van der Waals surface area contributed by atoms with Crippen molar-refractivity contribution in [1.82, 2.24) is 18.9 Å². The van der Waals surface area contributed by atoms with Crippen LogP contribution in [0.5, 0.6) is 5.75 Å². The summed E-state index contributed by atoms with van der Waals surface area (Å²) in [4.78, 5) is 0.320. The number of anilines is 1. The molecule has 0 amide bonds. The highest BCUT2D eigenvalue weighted by molar-refractivity contribution is 7.89. The van der Waals surface area contributed by atoms with E-state index >= 15 is 0 Å². The van der Waals surface area contributed by atoms with Crippen molar-refractivity contribution in [1.29, 1.82) is 0 Å². The van der Waals surface area contributed by atoms with Crippen molar-refractivity contribution in [2.24, 2.45) is 0 Å². The molecule has 4 aromatic rings. The molecule has 1 N–H and O–H groups in total. The summed E-state index contributed by atoms with van der Waals surface area (Å²) in [5, 5.41) is 11.8. The topological polar surface area (TPSA) is 88.8 Å². The Morgan fingerprint density at radius 1 is 1.00 bits per heavy atom. The van der Waals surface area contributed by atoms with Gasteiger partial charge in [0.1, 0.15) is 17.9 Å². The number of hydrogen-bond acceptors (Lipinski definition) is 6. The first-order valence-electron chi connectivity index (χ1n) is 10.9. The minimum atomic E-state index is -3.44. The third kappa shape index (κ3) is 4.05. The third-order valence-corrected chi connectivity index (χ3v) is 7.89. The molecule has 0 spiro atoms. The molecule has 2 aromatic heterocycles. The van der Waals surface area contributed by atoms with Crippen LogP contribution in [0, 0.1) is 0 Å². The highest BCUT2D eigenvalue weighted by atomic mass is 32.2. The fraction of sp³-hybridized carbons (Fsp3) is 0.250. The molecule has 33 heavy (non-hydrogen) atoms. The maximum absolute atomic E-state index is 12.8. The number of rotatable bonds is 7. The fourth-order valence-corrected chi connectivity index (χ4v) is 5.72. The van der Waals surface area contributed by atoms with E-state index in [0.29, 0.717) is 30.2 Å². The molecule has 9 heteroatoms. The number of nitrogens with one attached hydrogen (secondary N) is 1. The van der Waals surface area contributed by atoms with Gasteiger partial charge in [-0.25, -0.2) is 8.42 Å². The quantitative estimate of drug-likeness (QED) is 0.448. The van der Waals surface area contributed by atoms with Crippen LogP contribution < -0.4 is 10.1 Å². The van der Waals surface area contributed by atoms with E-state index in [1.165, 1.54) is 0 Å². The normalized spacial score (nSPS) is 14.6. The Balaban J connectivity index is 1.41. The van der Waals surface area contributed by atoms with Crippen molar-refractivity contribution >= 4 is 21.5 Å². The molecule has 0 bridgehead atoms. The van der Waals surface area contributed by atoms with Gasteiger partial charge in [0.2, 0.25) is 10.0 Å². The van der Waals surface area contributed by atoms with Gasteiger partial charge in [-0.2, -0.15) is 4.31 Å². The monoisotopic (exact) mass is 463 g/mol. The molecular formula is C24H25N5O3S. The number of methoxy groups -OCH3 is 1. The largest absolute Gasteiger partial charge is 0.496 e. The van der Waals surface area contributed by atoms with Gasteiger partial charge in [-0.3, -0.25) is 4.40 Å². The lowest BCUT2D eigenvalue weighted by molar-refractivity contribution is 0.410. The Morgan fingerprint density at radius 2 is 1.76 bits per heavy atom. The Morgan fingerprint density at radius 3 is 2.52 bits per heavy atom. The second kappa shape index (κ2) is 8.84. The van der Waals surface area contributed by atoms with Crippen molar-refractivity contribution in [3.63, 3.8) is 0 Å². The molecule has 0 unspecified atom stereocenters. The molecule has 1 aliphatic heterocycles. The van der Waals surface area contributed by atoms with Gasteiger partial charge >= 0.3 is 0 Å². The standard InChI is InChI=1S/C24H25N5O3S/c1-32-22-7-3-2-6-19(22)16-25-23-13-12-21(24-27-26-17-29(23)24)18-8-10-20(11-9-18)33(30,31)28-14-4-5-15-28/h2-3,6-13,17,25H,4-5,14-16H2,1H3. The third-order valence-electron chi connectivity index (χ3n) is 5.98. The van der Waals surface area contributed by atoms with Gasteiger partial charge in [0.25, 0.3) is 0 Å². The molecule has 0 aliphatic carbocycles. The van der Waals surface area contributed by atoms with E-state index in [9.17, 15) is 8.42 Å². The Hall–Kier alpha value is -3.43. The number of sulfonamides is 1. The number of hydrogen-bond donors (Lipinski definition) is 1. The number of fused-ring (bicyclic) bond motifs is 1. The van der Waals surface area contributed by atoms with E-state index in [-0.39, 0.29) is 0 Å². The van der Waals surface area contributed by atoms with Gasteiger partial charge in [0.05, 0.1) is 12.0 Å².